The van der Waals surface area contributed by atoms with Gasteiger partial charge in [-0.15, -0.1) is 35.3 Å². The number of halogens is 1. The van der Waals surface area contributed by atoms with Gasteiger partial charge in [0, 0.05) is 59.2 Å². The Kier molecular flexibility index (Phi) is 8.73. The Morgan fingerprint density at radius 1 is 1.52 bits per heavy atom. The summed E-state index contributed by atoms with van der Waals surface area (Å²) < 4.78 is 11.2. The maximum atomic E-state index is 5.75. The van der Waals surface area contributed by atoms with Gasteiger partial charge in [-0.05, 0) is 6.92 Å². The van der Waals surface area contributed by atoms with E-state index in [1.165, 1.54) is 0 Å². The number of methoxy groups -OCH3 is 1. The Hall–Kier alpha value is -0.450. The first-order valence-electron chi connectivity index (χ1n) is 7.54. The maximum absolute atomic E-state index is 5.75. The molecule has 0 spiro atoms. The number of rotatable bonds is 5. The molecular formula is C15H27IN4O2S. The number of aryl methyl sites for hydroxylation is 1. The van der Waals surface area contributed by atoms with Gasteiger partial charge >= 0.3 is 0 Å². The van der Waals surface area contributed by atoms with E-state index in [1.807, 2.05) is 14.0 Å². The molecule has 0 atom stereocenters. The van der Waals surface area contributed by atoms with Crippen LogP contribution in [-0.2, 0) is 16.0 Å². The zero-order valence-electron chi connectivity index (χ0n) is 14.3. The second kappa shape index (κ2) is 9.75. The molecule has 0 aliphatic carbocycles. The van der Waals surface area contributed by atoms with E-state index >= 15 is 0 Å². The predicted molar refractivity (Wildman–Crippen MR) is 105 cm³/mol. The highest BCUT2D eigenvalue weighted by Crippen LogP contribution is 2.23. The van der Waals surface area contributed by atoms with E-state index in [4.69, 9.17) is 9.47 Å². The lowest BCUT2D eigenvalue weighted by atomic mass is 9.94. The van der Waals surface area contributed by atoms with Crippen molar-refractivity contribution >= 4 is 41.3 Å². The summed E-state index contributed by atoms with van der Waals surface area (Å²) in [6.07, 6.45) is 1.81. The topological polar surface area (TPSA) is 59.0 Å². The number of hydrogen-bond donors (Lipinski definition) is 1. The Bertz CT molecular complexity index is 503. The molecule has 6 nitrogen and oxygen atoms in total. The third kappa shape index (κ3) is 5.84. The van der Waals surface area contributed by atoms with Gasteiger partial charge in [0.15, 0.2) is 5.96 Å². The smallest absolute Gasteiger partial charge is 0.193 e. The summed E-state index contributed by atoms with van der Waals surface area (Å²) in [7, 11) is 5.60. The van der Waals surface area contributed by atoms with Gasteiger partial charge in [-0.3, -0.25) is 4.99 Å². The van der Waals surface area contributed by atoms with E-state index in [1.54, 1.807) is 25.5 Å². The van der Waals surface area contributed by atoms with E-state index in [2.05, 4.69) is 25.6 Å². The zero-order chi connectivity index (χ0) is 16.0. The minimum absolute atomic E-state index is 0. The van der Waals surface area contributed by atoms with Crippen LogP contribution in [0.4, 0.5) is 0 Å². The molecule has 2 heterocycles. The molecule has 0 aromatic carbocycles. The lowest BCUT2D eigenvalue weighted by Gasteiger charge is -2.37. The lowest BCUT2D eigenvalue weighted by molar-refractivity contribution is -0.0857. The lowest BCUT2D eigenvalue weighted by Crippen LogP contribution is -2.50. The summed E-state index contributed by atoms with van der Waals surface area (Å²) >= 11 is 1.67. The standard InChI is InChI=1S/C15H26N4O2S.HI/c1-12-18-13(10-22-12)9-19(3)14(16-2)17-11-15(20-4)5-7-21-8-6-15;/h10H,5-9,11H2,1-4H3,(H,16,17);1H. The third-order valence-corrected chi connectivity index (χ3v) is 4.87. The molecule has 1 N–H and O–H groups in total. The van der Waals surface area contributed by atoms with Crippen LogP contribution < -0.4 is 5.32 Å². The van der Waals surface area contributed by atoms with Crippen molar-refractivity contribution in [2.45, 2.75) is 31.9 Å². The fourth-order valence-corrected chi connectivity index (χ4v) is 3.22. The third-order valence-electron chi connectivity index (χ3n) is 4.04. The number of nitrogens with zero attached hydrogens (tertiary/aromatic N) is 3. The second-order valence-electron chi connectivity index (χ2n) is 5.61. The maximum Gasteiger partial charge on any atom is 0.193 e. The second-order valence-corrected chi connectivity index (χ2v) is 6.68. The van der Waals surface area contributed by atoms with Crippen molar-refractivity contribution in [3.8, 4) is 0 Å². The molecule has 1 aromatic heterocycles. The minimum atomic E-state index is -0.160. The molecule has 1 aliphatic heterocycles. The Morgan fingerprint density at radius 3 is 2.74 bits per heavy atom. The van der Waals surface area contributed by atoms with Crippen molar-refractivity contribution in [2.24, 2.45) is 4.99 Å². The van der Waals surface area contributed by atoms with Gasteiger partial charge < -0.3 is 19.7 Å². The summed E-state index contributed by atoms with van der Waals surface area (Å²) in [5, 5.41) is 6.61. The van der Waals surface area contributed by atoms with Crippen LogP contribution in [0.25, 0.3) is 0 Å². The van der Waals surface area contributed by atoms with Crippen LogP contribution in [0.15, 0.2) is 10.4 Å². The molecule has 0 radical (unpaired) electrons. The van der Waals surface area contributed by atoms with Crippen LogP contribution >= 0.6 is 35.3 Å². The van der Waals surface area contributed by atoms with Gasteiger partial charge in [0.2, 0.25) is 0 Å². The minimum Gasteiger partial charge on any atom is -0.381 e. The Balaban J connectivity index is 0.00000264. The van der Waals surface area contributed by atoms with Crippen molar-refractivity contribution in [3.63, 3.8) is 0 Å². The summed E-state index contributed by atoms with van der Waals surface area (Å²) in [5.74, 6) is 0.855. The number of hydrogen-bond acceptors (Lipinski definition) is 5. The first-order valence-corrected chi connectivity index (χ1v) is 8.42. The molecule has 2 rings (SSSR count). The molecule has 1 aromatic rings. The summed E-state index contributed by atoms with van der Waals surface area (Å²) in [5.41, 5.74) is 0.909. The summed E-state index contributed by atoms with van der Waals surface area (Å²) in [6, 6.07) is 0. The molecule has 0 amide bonds. The van der Waals surface area contributed by atoms with Crippen LogP contribution in [0.1, 0.15) is 23.5 Å². The Labute approximate surface area is 159 Å². The van der Waals surface area contributed by atoms with Crippen LogP contribution in [-0.4, -0.2) is 62.4 Å². The van der Waals surface area contributed by atoms with Crippen molar-refractivity contribution in [1.82, 2.24) is 15.2 Å². The normalized spacial score (nSPS) is 17.5. The zero-order valence-corrected chi connectivity index (χ0v) is 17.4. The first kappa shape index (κ1) is 20.6. The summed E-state index contributed by atoms with van der Waals surface area (Å²) in [4.78, 5) is 10.9. The van der Waals surface area contributed by atoms with Crippen LogP contribution in [0, 0.1) is 6.92 Å². The average Bonchev–Trinajstić information content (AvgIpc) is 2.94. The number of aliphatic imine (C=N–C) groups is 1. The number of thiazole rings is 1. The molecule has 0 saturated carbocycles. The van der Waals surface area contributed by atoms with Crippen LogP contribution in [0.5, 0.6) is 0 Å². The van der Waals surface area contributed by atoms with E-state index in [0.29, 0.717) is 0 Å². The average molecular weight is 454 g/mol. The fourth-order valence-electron chi connectivity index (χ4n) is 2.62. The molecule has 0 unspecified atom stereocenters. The van der Waals surface area contributed by atoms with Crippen molar-refractivity contribution in [1.29, 1.82) is 0 Å². The number of aromatic nitrogens is 1. The largest absolute Gasteiger partial charge is 0.381 e. The molecule has 8 heteroatoms. The number of guanidine groups is 1. The van der Waals surface area contributed by atoms with E-state index in [0.717, 1.165) is 55.8 Å². The van der Waals surface area contributed by atoms with Gasteiger partial charge in [-0.25, -0.2) is 4.98 Å². The highest BCUT2D eigenvalue weighted by atomic mass is 127. The van der Waals surface area contributed by atoms with Crippen molar-refractivity contribution in [2.75, 3.05) is 41.0 Å². The summed E-state index contributed by atoms with van der Waals surface area (Å²) in [6.45, 7) is 5.01. The van der Waals surface area contributed by atoms with Crippen molar-refractivity contribution in [3.05, 3.63) is 16.1 Å². The van der Waals surface area contributed by atoms with Crippen LogP contribution in [0.2, 0.25) is 0 Å². The Morgan fingerprint density at radius 2 is 2.22 bits per heavy atom. The van der Waals surface area contributed by atoms with Gasteiger partial charge in [-0.2, -0.15) is 0 Å². The van der Waals surface area contributed by atoms with E-state index in [-0.39, 0.29) is 29.6 Å². The molecule has 1 saturated heterocycles. The van der Waals surface area contributed by atoms with E-state index in [9.17, 15) is 0 Å². The molecular weight excluding hydrogens is 427 g/mol. The molecule has 23 heavy (non-hydrogen) atoms. The highest BCUT2D eigenvalue weighted by Gasteiger charge is 2.32. The predicted octanol–water partition coefficient (Wildman–Crippen LogP) is 2.27. The number of nitrogens with one attached hydrogen (secondary N) is 1. The highest BCUT2D eigenvalue weighted by molar-refractivity contribution is 14.0. The fraction of sp³-hybridized carbons (Fsp3) is 0.733. The number of ether oxygens (including phenoxy) is 2. The van der Waals surface area contributed by atoms with E-state index < -0.39 is 0 Å². The SMILES string of the molecule is CN=C(NCC1(OC)CCOCC1)N(C)Cc1csc(C)n1.I. The quantitative estimate of drug-likeness (QED) is 0.420. The van der Waals surface area contributed by atoms with Crippen molar-refractivity contribution < 1.29 is 9.47 Å². The monoisotopic (exact) mass is 454 g/mol. The first-order chi connectivity index (χ1) is 10.6. The molecule has 1 fully saturated rings. The molecule has 132 valence electrons. The molecule has 1 aliphatic rings. The van der Waals surface area contributed by atoms with Crippen LogP contribution in [0.3, 0.4) is 0 Å². The van der Waals surface area contributed by atoms with Gasteiger partial charge in [0.1, 0.15) is 0 Å². The van der Waals surface area contributed by atoms with Gasteiger partial charge in [-0.1, -0.05) is 0 Å². The van der Waals surface area contributed by atoms with Gasteiger partial charge in [0.05, 0.1) is 22.8 Å². The molecule has 0 bridgehead atoms. The van der Waals surface area contributed by atoms with Gasteiger partial charge in [0.25, 0.3) is 0 Å².